The highest BCUT2D eigenvalue weighted by Gasteiger charge is 2.17. The van der Waals surface area contributed by atoms with Crippen LogP contribution in [0, 0.1) is 12.8 Å². The molecule has 20 heavy (non-hydrogen) atoms. The van der Waals surface area contributed by atoms with Crippen molar-refractivity contribution in [1.29, 1.82) is 0 Å². The minimum absolute atomic E-state index is 0.108. The van der Waals surface area contributed by atoms with Crippen molar-refractivity contribution in [1.82, 2.24) is 0 Å². The van der Waals surface area contributed by atoms with Gasteiger partial charge in [0.25, 0.3) is 0 Å². The predicted molar refractivity (Wildman–Crippen MR) is 79.8 cm³/mol. The quantitative estimate of drug-likeness (QED) is 0.760. The lowest BCUT2D eigenvalue weighted by Gasteiger charge is -2.12. The fraction of sp³-hybridized carbons (Fsp3) is 0.455. The van der Waals surface area contributed by atoms with Crippen LogP contribution in [0.2, 0.25) is 0 Å². The third-order valence-electron chi connectivity index (χ3n) is 2.54. The average molecular weight is 341 g/mol. The number of benzene rings is 1. The minimum Gasteiger partial charge on any atom is -0.284 e. The SMILES string of the molecule is Cc1ccc(NS(=O)(=O)CC(C)CCl)cc1S(N)(=O)=O. The Balaban J connectivity index is 3.06. The zero-order valence-corrected chi connectivity index (χ0v) is 13.5. The number of nitrogens with one attached hydrogen (secondary N) is 1. The van der Waals surface area contributed by atoms with E-state index >= 15 is 0 Å². The molecular weight excluding hydrogens is 324 g/mol. The molecule has 0 aliphatic carbocycles. The van der Waals surface area contributed by atoms with E-state index in [-0.39, 0.29) is 28.1 Å². The Morgan fingerprint density at radius 3 is 2.40 bits per heavy atom. The van der Waals surface area contributed by atoms with Gasteiger partial charge < -0.3 is 0 Å². The molecule has 0 aromatic heterocycles. The van der Waals surface area contributed by atoms with E-state index in [0.717, 1.165) is 0 Å². The number of alkyl halides is 1. The third-order valence-corrected chi connectivity index (χ3v) is 5.67. The summed E-state index contributed by atoms with van der Waals surface area (Å²) in [5, 5.41) is 5.07. The van der Waals surface area contributed by atoms with Crippen LogP contribution in [-0.4, -0.2) is 28.5 Å². The van der Waals surface area contributed by atoms with Crippen LogP contribution in [0.5, 0.6) is 0 Å². The van der Waals surface area contributed by atoms with Crippen LogP contribution in [0.25, 0.3) is 0 Å². The molecule has 1 rings (SSSR count). The zero-order valence-electron chi connectivity index (χ0n) is 11.1. The first kappa shape index (κ1) is 17.2. The number of sulfonamides is 2. The third kappa shape index (κ3) is 4.93. The summed E-state index contributed by atoms with van der Waals surface area (Å²) >= 11 is 5.58. The number of primary sulfonamides is 1. The van der Waals surface area contributed by atoms with Gasteiger partial charge in [0.2, 0.25) is 20.0 Å². The maximum absolute atomic E-state index is 11.9. The highest BCUT2D eigenvalue weighted by atomic mass is 35.5. The van der Waals surface area contributed by atoms with Gasteiger partial charge in [-0.25, -0.2) is 22.0 Å². The molecule has 9 heteroatoms. The molecule has 6 nitrogen and oxygen atoms in total. The summed E-state index contributed by atoms with van der Waals surface area (Å²) in [5.41, 5.74) is 0.603. The Labute approximate surface area is 124 Å². The molecule has 0 heterocycles. The van der Waals surface area contributed by atoms with Gasteiger partial charge in [0.1, 0.15) is 0 Å². The molecule has 3 N–H and O–H groups in total. The summed E-state index contributed by atoms with van der Waals surface area (Å²) in [7, 11) is -7.49. The van der Waals surface area contributed by atoms with Gasteiger partial charge in [0, 0.05) is 11.6 Å². The standard InChI is InChI=1S/C11H17ClN2O4S2/c1-8(6-12)7-19(15,16)14-10-4-3-9(2)11(5-10)20(13,17)18/h3-5,8,14H,6-7H2,1-2H3,(H2,13,17,18). The maximum Gasteiger partial charge on any atom is 0.238 e. The number of halogens is 1. The zero-order chi connectivity index (χ0) is 15.6. The van der Waals surface area contributed by atoms with Crippen LogP contribution in [-0.2, 0) is 20.0 Å². The molecule has 0 saturated carbocycles. The number of rotatable bonds is 6. The van der Waals surface area contributed by atoms with E-state index in [2.05, 4.69) is 4.72 Å². The lowest BCUT2D eigenvalue weighted by Crippen LogP contribution is -2.22. The average Bonchev–Trinajstić information content (AvgIpc) is 2.29. The van der Waals surface area contributed by atoms with Crippen LogP contribution in [0.1, 0.15) is 12.5 Å². The monoisotopic (exact) mass is 340 g/mol. The molecule has 0 amide bonds. The van der Waals surface area contributed by atoms with Gasteiger partial charge in [-0.15, -0.1) is 11.6 Å². The Kier molecular flexibility index (Phi) is 5.42. The molecule has 1 aromatic rings. The first-order chi connectivity index (χ1) is 9.05. The van der Waals surface area contributed by atoms with Crippen LogP contribution in [0.15, 0.2) is 23.1 Å². The van der Waals surface area contributed by atoms with E-state index in [1.54, 1.807) is 13.8 Å². The summed E-state index contributed by atoms with van der Waals surface area (Å²) in [5.74, 6) is -0.135. The second kappa shape index (κ2) is 6.30. The molecule has 0 fully saturated rings. The Hall–Kier alpha value is -0.830. The van der Waals surface area contributed by atoms with E-state index in [1.165, 1.54) is 18.2 Å². The second-order valence-electron chi connectivity index (χ2n) is 4.67. The summed E-state index contributed by atoms with van der Waals surface area (Å²) < 4.78 is 48.8. The number of aryl methyl sites for hydroxylation is 1. The molecule has 1 atom stereocenters. The summed E-state index contributed by atoms with van der Waals surface area (Å²) in [4.78, 5) is -0.108. The summed E-state index contributed by atoms with van der Waals surface area (Å²) in [6, 6.07) is 4.17. The Morgan fingerprint density at radius 2 is 1.90 bits per heavy atom. The van der Waals surface area contributed by atoms with Crippen molar-refractivity contribution < 1.29 is 16.8 Å². The lowest BCUT2D eigenvalue weighted by molar-refractivity contribution is 0.587. The van der Waals surface area contributed by atoms with Gasteiger partial charge in [0.15, 0.2) is 0 Å². The van der Waals surface area contributed by atoms with E-state index in [9.17, 15) is 16.8 Å². The first-order valence-corrected chi connectivity index (χ1v) is 9.48. The van der Waals surface area contributed by atoms with Gasteiger partial charge in [-0.1, -0.05) is 13.0 Å². The molecule has 0 spiro atoms. The van der Waals surface area contributed by atoms with Crippen LogP contribution in [0.4, 0.5) is 5.69 Å². The molecular formula is C11H17ClN2O4S2. The van der Waals surface area contributed by atoms with Gasteiger partial charge >= 0.3 is 0 Å². The highest BCUT2D eigenvalue weighted by molar-refractivity contribution is 7.92. The summed E-state index contributed by atoms with van der Waals surface area (Å²) in [6.45, 7) is 3.28. The van der Waals surface area contributed by atoms with Gasteiger partial charge in [-0.2, -0.15) is 0 Å². The van der Waals surface area contributed by atoms with Crippen molar-refractivity contribution in [2.45, 2.75) is 18.7 Å². The lowest BCUT2D eigenvalue weighted by atomic mass is 10.2. The normalized spacial score (nSPS) is 14.0. The molecule has 0 saturated heterocycles. The van der Waals surface area contributed by atoms with Gasteiger partial charge in [-0.3, -0.25) is 4.72 Å². The summed E-state index contributed by atoms with van der Waals surface area (Å²) in [6.07, 6.45) is 0. The van der Waals surface area contributed by atoms with Gasteiger partial charge in [-0.05, 0) is 30.5 Å². The number of anilines is 1. The van der Waals surface area contributed by atoms with Crippen molar-refractivity contribution >= 4 is 37.3 Å². The molecule has 1 unspecified atom stereocenters. The Bertz CT molecular complexity index is 686. The number of hydrogen-bond acceptors (Lipinski definition) is 4. The topological polar surface area (TPSA) is 106 Å². The second-order valence-corrected chi connectivity index (χ2v) is 8.27. The molecule has 0 bridgehead atoms. The van der Waals surface area contributed by atoms with E-state index < -0.39 is 20.0 Å². The fourth-order valence-electron chi connectivity index (χ4n) is 1.61. The number of nitrogens with two attached hydrogens (primary N) is 1. The molecule has 1 aromatic carbocycles. The van der Waals surface area contributed by atoms with Crippen LogP contribution >= 0.6 is 11.6 Å². The Morgan fingerprint density at radius 1 is 1.30 bits per heavy atom. The molecule has 0 aliphatic heterocycles. The maximum atomic E-state index is 11.9. The highest BCUT2D eigenvalue weighted by Crippen LogP contribution is 2.20. The van der Waals surface area contributed by atoms with Crippen LogP contribution in [0.3, 0.4) is 0 Å². The molecule has 114 valence electrons. The largest absolute Gasteiger partial charge is 0.284 e. The van der Waals surface area contributed by atoms with Crippen molar-refractivity contribution in [3.8, 4) is 0 Å². The van der Waals surface area contributed by atoms with E-state index in [1.807, 2.05) is 0 Å². The first-order valence-electron chi connectivity index (χ1n) is 5.75. The van der Waals surface area contributed by atoms with Crippen molar-refractivity contribution in [3.63, 3.8) is 0 Å². The van der Waals surface area contributed by atoms with E-state index in [0.29, 0.717) is 5.56 Å². The van der Waals surface area contributed by atoms with E-state index in [4.69, 9.17) is 16.7 Å². The van der Waals surface area contributed by atoms with Crippen molar-refractivity contribution in [2.75, 3.05) is 16.4 Å². The van der Waals surface area contributed by atoms with Gasteiger partial charge in [0.05, 0.1) is 10.6 Å². The minimum atomic E-state index is -3.90. The number of hydrogen-bond donors (Lipinski definition) is 2. The fourth-order valence-corrected chi connectivity index (χ4v) is 4.09. The van der Waals surface area contributed by atoms with Crippen molar-refractivity contribution in [2.24, 2.45) is 11.1 Å². The predicted octanol–water partition coefficient (Wildman–Crippen LogP) is 1.26. The van der Waals surface area contributed by atoms with Crippen molar-refractivity contribution in [3.05, 3.63) is 23.8 Å². The smallest absolute Gasteiger partial charge is 0.238 e. The molecule has 0 aliphatic rings. The van der Waals surface area contributed by atoms with Crippen LogP contribution < -0.4 is 9.86 Å². The molecule has 0 radical (unpaired) electrons.